The first-order valence-electron chi connectivity index (χ1n) is 6.89. The average molecular weight is 285 g/mol. The van der Waals surface area contributed by atoms with E-state index in [9.17, 15) is 15.0 Å². The van der Waals surface area contributed by atoms with Crippen molar-refractivity contribution >= 4 is 5.78 Å². The molecule has 2 rings (SSSR count). The first-order valence-corrected chi connectivity index (χ1v) is 6.89. The predicted molar refractivity (Wildman–Crippen MR) is 81.0 cm³/mol. The van der Waals surface area contributed by atoms with E-state index >= 15 is 0 Å². The van der Waals surface area contributed by atoms with Gasteiger partial charge in [0.1, 0.15) is 6.10 Å². The van der Waals surface area contributed by atoms with Crippen LogP contribution in [0.4, 0.5) is 0 Å². The molecule has 4 nitrogen and oxygen atoms in total. The molecule has 2 aromatic carbocycles. The summed E-state index contributed by atoms with van der Waals surface area (Å²) in [6.45, 7) is 0.308. The molecule has 0 heterocycles. The molecule has 0 aliphatic heterocycles. The highest BCUT2D eigenvalue weighted by Gasteiger charge is 2.18. The van der Waals surface area contributed by atoms with E-state index in [1.54, 1.807) is 36.4 Å². The van der Waals surface area contributed by atoms with Gasteiger partial charge in [-0.1, -0.05) is 54.6 Å². The Labute approximate surface area is 123 Å². The van der Waals surface area contributed by atoms with Gasteiger partial charge in [0.15, 0.2) is 5.78 Å². The number of carbonyl (C=O) groups is 1. The Balaban J connectivity index is 2.14. The Hall–Kier alpha value is -2.01. The molecule has 0 saturated heterocycles. The van der Waals surface area contributed by atoms with Crippen molar-refractivity contribution in [1.82, 2.24) is 0 Å². The molecule has 0 aliphatic carbocycles. The van der Waals surface area contributed by atoms with Gasteiger partial charge in [0.05, 0.1) is 6.10 Å². The third kappa shape index (κ3) is 3.76. The van der Waals surface area contributed by atoms with E-state index in [0.29, 0.717) is 29.7 Å². The fourth-order valence-electron chi connectivity index (χ4n) is 2.14. The van der Waals surface area contributed by atoms with Crippen molar-refractivity contribution in [3.8, 4) is 0 Å². The molecule has 4 heteroatoms. The minimum absolute atomic E-state index is 0.0702. The van der Waals surface area contributed by atoms with Crippen molar-refractivity contribution in [1.29, 1.82) is 0 Å². The Morgan fingerprint density at radius 3 is 2.10 bits per heavy atom. The summed E-state index contributed by atoms with van der Waals surface area (Å²) in [4.78, 5) is 12.2. The monoisotopic (exact) mass is 285 g/mol. The van der Waals surface area contributed by atoms with Gasteiger partial charge in [0.2, 0.25) is 0 Å². The zero-order valence-corrected chi connectivity index (χ0v) is 11.6. The minimum Gasteiger partial charge on any atom is -0.390 e. The smallest absolute Gasteiger partial charge is 0.193 e. The van der Waals surface area contributed by atoms with Crippen LogP contribution < -0.4 is 5.73 Å². The number of aliphatic hydroxyl groups is 2. The zero-order chi connectivity index (χ0) is 15.2. The first kappa shape index (κ1) is 15.4. The molecule has 0 fully saturated rings. The van der Waals surface area contributed by atoms with Crippen LogP contribution in [0.2, 0.25) is 0 Å². The van der Waals surface area contributed by atoms with Gasteiger partial charge < -0.3 is 15.9 Å². The van der Waals surface area contributed by atoms with Gasteiger partial charge in [0.25, 0.3) is 0 Å². The van der Waals surface area contributed by atoms with E-state index < -0.39 is 12.2 Å². The van der Waals surface area contributed by atoms with Gasteiger partial charge in [-0.25, -0.2) is 0 Å². The second-order valence-electron chi connectivity index (χ2n) is 4.91. The van der Waals surface area contributed by atoms with E-state index in [2.05, 4.69) is 0 Å². The van der Waals surface area contributed by atoms with Crippen LogP contribution in [0.3, 0.4) is 0 Å². The summed E-state index contributed by atoms with van der Waals surface area (Å²) in [5, 5.41) is 19.7. The molecule has 0 aromatic heterocycles. The van der Waals surface area contributed by atoms with Crippen molar-refractivity contribution in [3.05, 3.63) is 71.3 Å². The normalized spacial score (nSPS) is 13.7. The molecular weight excluding hydrogens is 266 g/mol. The summed E-state index contributed by atoms with van der Waals surface area (Å²) in [6, 6.07) is 15.6. The highest BCUT2D eigenvalue weighted by atomic mass is 16.3. The molecule has 0 radical (unpaired) electrons. The zero-order valence-electron chi connectivity index (χ0n) is 11.6. The average Bonchev–Trinajstić information content (AvgIpc) is 2.54. The maximum Gasteiger partial charge on any atom is 0.193 e. The van der Waals surface area contributed by atoms with Crippen LogP contribution >= 0.6 is 0 Å². The Morgan fingerprint density at radius 2 is 1.52 bits per heavy atom. The quantitative estimate of drug-likeness (QED) is 0.705. The fraction of sp³-hybridized carbons (Fsp3) is 0.235. The predicted octanol–water partition coefficient (Wildman–Crippen LogP) is 1.66. The van der Waals surface area contributed by atoms with Crippen LogP contribution in [0.25, 0.3) is 0 Å². The lowest BCUT2D eigenvalue weighted by atomic mass is 9.98. The largest absolute Gasteiger partial charge is 0.390 e. The molecule has 0 aliphatic rings. The van der Waals surface area contributed by atoms with Crippen LogP contribution in [-0.2, 0) is 0 Å². The van der Waals surface area contributed by atoms with E-state index in [0.717, 1.165) is 0 Å². The summed E-state index contributed by atoms with van der Waals surface area (Å²) < 4.78 is 0. The molecule has 110 valence electrons. The maximum absolute atomic E-state index is 12.2. The van der Waals surface area contributed by atoms with Crippen molar-refractivity contribution in [2.45, 2.75) is 18.6 Å². The molecule has 21 heavy (non-hydrogen) atoms. The number of hydrogen-bond donors (Lipinski definition) is 3. The number of benzene rings is 2. The summed E-state index contributed by atoms with van der Waals surface area (Å²) in [7, 11) is 0. The third-order valence-corrected chi connectivity index (χ3v) is 3.38. The third-order valence-electron chi connectivity index (χ3n) is 3.38. The molecule has 0 saturated carbocycles. The number of nitrogens with two attached hydrogens (primary N) is 1. The molecule has 0 amide bonds. The second-order valence-corrected chi connectivity index (χ2v) is 4.91. The topological polar surface area (TPSA) is 83.6 Å². The lowest BCUT2D eigenvalue weighted by molar-refractivity contribution is 0.0150. The van der Waals surface area contributed by atoms with Crippen LogP contribution in [0.1, 0.15) is 34.0 Å². The van der Waals surface area contributed by atoms with Crippen LogP contribution in [0.5, 0.6) is 0 Å². The van der Waals surface area contributed by atoms with E-state index in [1.807, 2.05) is 18.2 Å². The van der Waals surface area contributed by atoms with Gasteiger partial charge >= 0.3 is 0 Å². The van der Waals surface area contributed by atoms with Gasteiger partial charge in [-0.05, 0) is 18.5 Å². The standard InChI is InChI=1S/C17H19NO3/c18-11-10-15(19)17(21)14-8-6-13(7-9-14)16(20)12-4-2-1-3-5-12/h1-9,15,17,19,21H,10-11,18H2. The molecule has 2 atom stereocenters. The van der Waals surface area contributed by atoms with Crippen molar-refractivity contribution in [2.75, 3.05) is 6.54 Å². The van der Waals surface area contributed by atoms with E-state index in [-0.39, 0.29) is 5.78 Å². The van der Waals surface area contributed by atoms with E-state index in [4.69, 9.17) is 5.73 Å². The lowest BCUT2D eigenvalue weighted by Gasteiger charge is -2.17. The Morgan fingerprint density at radius 1 is 0.952 bits per heavy atom. The molecule has 0 spiro atoms. The highest BCUT2D eigenvalue weighted by molar-refractivity contribution is 6.08. The minimum atomic E-state index is -0.991. The molecule has 2 aromatic rings. The van der Waals surface area contributed by atoms with Gasteiger partial charge in [-0.2, -0.15) is 0 Å². The second kappa shape index (κ2) is 7.13. The van der Waals surface area contributed by atoms with Gasteiger partial charge in [0, 0.05) is 11.1 Å². The van der Waals surface area contributed by atoms with Crippen LogP contribution in [-0.4, -0.2) is 28.6 Å². The maximum atomic E-state index is 12.2. The summed E-state index contributed by atoms with van der Waals surface area (Å²) in [6.07, 6.45) is -1.56. The SMILES string of the molecule is NCCC(O)C(O)c1ccc(C(=O)c2ccccc2)cc1. The number of aliphatic hydroxyl groups excluding tert-OH is 2. The van der Waals surface area contributed by atoms with Crippen molar-refractivity contribution in [3.63, 3.8) is 0 Å². The van der Waals surface area contributed by atoms with E-state index in [1.165, 1.54) is 0 Å². The highest BCUT2D eigenvalue weighted by Crippen LogP contribution is 2.20. The summed E-state index contributed by atoms with van der Waals surface area (Å²) >= 11 is 0. The number of rotatable bonds is 6. The Kier molecular flexibility index (Phi) is 5.22. The number of carbonyl (C=O) groups excluding carboxylic acids is 1. The summed E-state index contributed by atoms with van der Waals surface area (Å²) in [5.74, 6) is -0.0702. The molecule has 4 N–H and O–H groups in total. The van der Waals surface area contributed by atoms with Crippen LogP contribution in [0.15, 0.2) is 54.6 Å². The molecule has 0 bridgehead atoms. The van der Waals surface area contributed by atoms with Gasteiger partial charge in [-0.3, -0.25) is 4.79 Å². The fourth-order valence-corrected chi connectivity index (χ4v) is 2.14. The first-order chi connectivity index (χ1) is 10.1. The number of hydrogen-bond acceptors (Lipinski definition) is 4. The summed E-state index contributed by atoms with van der Waals surface area (Å²) in [5.41, 5.74) is 7.09. The van der Waals surface area contributed by atoms with Gasteiger partial charge in [-0.15, -0.1) is 0 Å². The van der Waals surface area contributed by atoms with Crippen molar-refractivity contribution < 1.29 is 15.0 Å². The number of ketones is 1. The molecular formula is C17H19NO3. The Bertz CT molecular complexity index is 581. The lowest BCUT2D eigenvalue weighted by Crippen LogP contribution is -2.21. The molecule has 2 unspecified atom stereocenters. The van der Waals surface area contributed by atoms with Crippen LogP contribution in [0, 0.1) is 0 Å². The van der Waals surface area contributed by atoms with Crippen molar-refractivity contribution in [2.24, 2.45) is 5.73 Å².